The summed E-state index contributed by atoms with van der Waals surface area (Å²) in [5.41, 5.74) is 1.99. The van der Waals surface area contributed by atoms with Crippen LogP contribution in [0.25, 0.3) is 16.9 Å². The van der Waals surface area contributed by atoms with Crippen molar-refractivity contribution in [2.75, 3.05) is 11.1 Å². The van der Waals surface area contributed by atoms with E-state index in [2.05, 4.69) is 5.32 Å². The van der Waals surface area contributed by atoms with Crippen LogP contribution < -0.4 is 10.9 Å². The second-order valence-electron chi connectivity index (χ2n) is 9.21. The highest BCUT2D eigenvalue weighted by Gasteiger charge is 2.39. The minimum Gasteiger partial charge on any atom is -0.480 e. The number of fused-ring (bicyclic) bond motifs is 2. The highest BCUT2D eigenvalue weighted by atomic mass is 32.2. The van der Waals surface area contributed by atoms with Crippen molar-refractivity contribution in [3.63, 3.8) is 0 Å². The molecule has 1 unspecified atom stereocenters. The van der Waals surface area contributed by atoms with E-state index in [1.165, 1.54) is 28.5 Å². The van der Waals surface area contributed by atoms with Crippen molar-refractivity contribution < 1.29 is 23.1 Å². The van der Waals surface area contributed by atoms with Crippen LogP contribution >= 0.6 is 11.8 Å². The molecule has 190 valence electrons. The zero-order valence-corrected chi connectivity index (χ0v) is 20.1. The summed E-state index contributed by atoms with van der Waals surface area (Å²) < 4.78 is 42.8. The molecule has 0 amide bonds. The number of hydrogen-bond acceptors (Lipinski definition) is 5. The summed E-state index contributed by atoms with van der Waals surface area (Å²) in [6.45, 7) is 0.109. The summed E-state index contributed by atoms with van der Waals surface area (Å²) in [4.78, 5) is 29.7. The predicted molar refractivity (Wildman–Crippen MR) is 133 cm³/mol. The fourth-order valence-corrected chi connectivity index (χ4v) is 6.23. The van der Waals surface area contributed by atoms with Crippen LogP contribution in [0.5, 0.6) is 0 Å². The molecular formula is C26H21F3N4O3S. The van der Waals surface area contributed by atoms with Crippen LogP contribution in [0.3, 0.4) is 0 Å². The Hall–Kier alpha value is -3.73. The Morgan fingerprint density at radius 1 is 1.16 bits per heavy atom. The van der Waals surface area contributed by atoms with Gasteiger partial charge in [0.25, 0.3) is 5.56 Å². The van der Waals surface area contributed by atoms with E-state index in [4.69, 9.17) is 4.98 Å². The molecule has 37 heavy (non-hydrogen) atoms. The molecule has 0 bridgehead atoms. The Bertz CT molecular complexity index is 1610. The van der Waals surface area contributed by atoms with Gasteiger partial charge in [-0.1, -0.05) is 18.2 Å². The molecular weight excluding hydrogens is 505 g/mol. The number of thioether (sulfide) groups is 1. The van der Waals surface area contributed by atoms with Crippen LogP contribution in [0, 0.1) is 0 Å². The number of anilines is 1. The molecule has 3 aromatic heterocycles. The maximum absolute atomic E-state index is 13.2. The van der Waals surface area contributed by atoms with Crippen LogP contribution in [-0.2, 0) is 17.5 Å². The lowest BCUT2D eigenvalue weighted by Gasteiger charge is -2.17. The third-order valence-corrected chi connectivity index (χ3v) is 7.88. The van der Waals surface area contributed by atoms with Crippen LogP contribution in [0.1, 0.15) is 41.5 Å². The third kappa shape index (κ3) is 4.16. The molecule has 2 N–H and O–H groups in total. The van der Waals surface area contributed by atoms with Crippen molar-refractivity contribution in [2.45, 2.75) is 42.5 Å². The number of carbonyl (C=O) groups is 1. The summed E-state index contributed by atoms with van der Waals surface area (Å²) >= 11 is 1.37. The quantitative estimate of drug-likeness (QED) is 0.350. The van der Waals surface area contributed by atoms with E-state index in [0.717, 1.165) is 30.5 Å². The molecule has 0 saturated heterocycles. The number of hydrogen-bond donors (Lipinski definition) is 2. The molecule has 2 aliphatic rings. The van der Waals surface area contributed by atoms with Gasteiger partial charge in [-0.15, -0.1) is 11.8 Å². The van der Waals surface area contributed by atoms with E-state index in [0.29, 0.717) is 33.3 Å². The van der Waals surface area contributed by atoms with Crippen LogP contribution in [0.15, 0.2) is 64.5 Å². The summed E-state index contributed by atoms with van der Waals surface area (Å²) in [5.74, 6) is -0.0198. The van der Waals surface area contributed by atoms with Crippen molar-refractivity contribution in [1.29, 1.82) is 0 Å². The van der Waals surface area contributed by atoms with E-state index in [9.17, 15) is 27.9 Å². The summed E-state index contributed by atoms with van der Waals surface area (Å²) in [6, 6.07) is 11.1. The van der Waals surface area contributed by atoms with E-state index in [-0.39, 0.29) is 18.2 Å². The van der Waals surface area contributed by atoms with Gasteiger partial charge in [0.2, 0.25) is 0 Å². The van der Waals surface area contributed by atoms with E-state index < -0.39 is 29.3 Å². The second kappa shape index (κ2) is 8.69. The van der Waals surface area contributed by atoms with Gasteiger partial charge in [-0.05, 0) is 54.2 Å². The topological polar surface area (TPSA) is 88.6 Å². The molecule has 1 aliphatic heterocycles. The number of carboxylic acids is 1. The largest absolute Gasteiger partial charge is 0.480 e. The highest BCUT2D eigenvalue weighted by molar-refractivity contribution is 7.99. The number of imidazole rings is 1. The Balaban J connectivity index is 1.47. The fraction of sp³-hybridized carbons (Fsp3) is 0.269. The molecule has 1 aromatic carbocycles. The Morgan fingerprint density at radius 2 is 1.97 bits per heavy atom. The zero-order valence-electron chi connectivity index (χ0n) is 19.3. The van der Waals surface area contributed by atoms with Gasteiger partial charge in [0.1, 0.15) is 23.2 Å². The number of rotatable bonds is 6. The number of pyridine rings is 2. The van der Waals surface area contributed by atoms with E-state index >= 15 is 0 Å². The average Bonchev–Trinajstić information content (AvgIpc) is 3.48. The number of benzene rings is 1. The van der Waals surface area contributed by atoms with Gasteiger partial charge in [0, 0.05) is 30.1 Å². The van der Waals surface area contributed by atoms with Crippen LogP contribution in [-0.4, -0.2) is 30.8 Å². The first-order chi connectivity index (χ1) is 17.7. The zero-order chi connectivity index (χ0) is 25.9. The normalized spacial score (nSPS) is 17.2. The van der Waals surface area contributed by atoms with Gasteiger partial charge in [-0.25, -0.2) is 9.78 Å². The second-order valence-corrected chi connectivity index (χ2v) is 10.2. The average molecular weight is 527 g/mol. The SMILES string of the molecule is O=C(O)C1CSc2c(C3CC3)c(-c3nc4ccccn4c3NCc3cccc(C(F)(F)F)c3)cc(=O)n21. The number of nitrogens with one attached hydrogen (secondary N) is 1. The number of nitrogens with zero attached hydrogens (tertiary/aromatic N) is 3. The molecule has 1 atom stereocenters. The Labute approximate surface area is 213 Å². The molecule has 1 fully saturated rings. The number of aliphatic carboxylic acids is 1. The molecule has 7 nitrogen and oxygen atoms in total. The lowest BCUT2D eigenvalue weighted by atomic mass is 10.0. The first-order valence-electron chi connectivity index (χ1n) is 11.7. The monoisotopic (exact) mass is 526 g/mol. The minimum atomic E-state index is -4.44. The van der Waals surface area contributed by atoms with Gasteiger partial charge in [-0.3, -0.25) is 13.8 Å². The maximum Gasteiger partial charge on any atom is 0.416 e. The summed E-state index contributed by atoms with van der Waals surface area (Å²) in [5, 5.41) is 13.6. The van der Waals surface area contributed by atoms with Crippen molar-refractivity contribution in [3.8, 4) is 11.3 Å². The van der Waals surface area contributed by atoms with Crippen LogP contribution in [0.4, 0.5) is 19.0 Å². The fourth-order valence-electron chi connectivity index (χ4n) is 4.83. The van der Waals surface area contributed by atoms with Gasteiger partial charge in [0.05, 0.1) is 10.6 Å². The molecule has 11 heteroatoms. The standard InChI is InChI=1S/C26H21F3N4O3S/c27-26(28,29)16-5-3-4-14(10-16)12-30-23-22(31-19-6-1-2-9-32(19)23)17-11-20(34)33-18(25(35)36)13-37-24(33)21(17)15-7-8-15/h1-6,9-11,15,18,30H,7-8,12-13H2,(H,35,36). The Kier molecular flexibility index (Phi) is 5.55. The smallest absolute Gasteiger partial charge is 0.416 e. The van der Waals surface area contributed by atoms with Gasteiger partial charge >= 0.3 is 12.1 Å². The first-order valence-corrected chi connectivity index (χ1v) is 12.7. The Morgan fingerprint density at radius 3 is 2.70 bits per heavy atom. The van der Waals surface area contributed by atoms with E-state index in [1.807, 2.05) is 18.2 Å². The number of halogens is 3. The molecule has 6 rings (SSSR count). The predicted octanol–water partition coefficient (Wildman–Crippen LogP) is 5.40. The summed E-state index contributed by atoms with van der Waals surface area (Å²) in [7, 11) is 0. The van der Waals surface area contributed by atoms with E-state index in [1.54, 1.807) is 16.7 Å². The third-order valence-electron chi connectivity index (χ3n) is 6.70. The maximum atomic E-state index is 13.2. The molecule has 0 spiro atoms. The van der Waals surface area contributed by atoms with Gasteiger partial charge < -0.3 is 10.4 Å². The molecule has 4 heterocycles. The molecule has 0 radical (unpaired) electrons. The first kappa shape index (κ1) is 23.7. The number of alkyl halides is 3. The lowest BCUT2D eigenvalue weighted by molar-refractivity contribution is -0.140. The lowest BCUT2D eigenvalue weighted by Crippen LogP contribution is -2.29. The molecule has 1 aliphatic carbocycles. The number of aromatic nitrogens is 3. The van der Waals surface area contributed by atoms with Crippen molar-refractivity contribution >= 4 is 29.2 Å². The van der Waals surface area contributed by atoms with Crippen molar-refractivity contribution in [3.05, 3.63) is 81.8 Å². The van der Waals surface area contributed by atoms with Crippen molar-refractivity contribution in [1.82, 2.24) is 14.0 Å². The molecule has 1 saturated carbocycles. The highest BCUT2D eigenvalue weighted by Crippen LogP contribution is 2.51. The number of carboxylic acid groups (broad SMARTS) is 1. The minimum absolute atomic E-state index is 0.109. The summed E-state index contributed by atoms with van der Waals surface area (Å²) in [6.07, 6.45) is -0.790. The van der Waals surface area contributed by atoms with Gasteiger partial charge in [0.15, 0.2) is 0 Å². The van der Waals surface area contributed by atoms with Crippen molar-refractivity contribution in [2.24, 2.45) is 0 Å². The van der Waals surface area contributed by atoms with Crippen LogP contribution in [0.2, 0.25) is 0 Å². The van der Waals surface area contributed by atoms with Gasteiger partial charge in [-0.2, -0.15) is 13.2 Å². The molecule has 4 aromatic rings.